The normalized spacial score (nSPS) is 18.1. The molecule has 106 valence electrons. The number of amides is 1. The van der Waals surface area contributed by atoms with Gasteiger partial charge < -0.3 is 0 Å². The zero-order chi connectivity index (χ0) is 14.1. The van der Waals surface area contributed by atoms with Crippen LogP contribution in [0.15, 0.2) is 11.4 Å². The van der Waals surface area contributed by atoms with Gasteiger partial charge in [0.05, 0.1) is 0 Å². The van der Waals surface area contributed by atoms with Crippen LogP contribution in [0.25, 0.3) is 0 Å². The highest BCUT2D eigenvalue weighted by atomic mass is 32.2. The summed E-state index contributed by atoms with van der Waals surface area (Å²) in [5.74, 6) is 2.36. The van der Waals surface area contributed by atoms with E-state index >= 15 is 0 Å². The van der Waals surface area contributed by atoms with Gasteiger partial charge in [-0.25, -0.2) is 0 Å². The molecule has 0 saturated carbocycles. The lowest BCUT2D eigenvalue weighted by Crippen LogP contribution is -2.22. The molecule has 0 bridgehead atoms. The van der Waals surface area contributed by atoms with Gasteiger partial charge in [0.2, 0.25) is 11.9 Å². The van der Waals surface area contributed by atoms with Crippen LogP contribution in [0.2, 0.25) is 0 Å². The fourth-order valence-corrected chi connectivity index (χ4v) is 4.42. The Labute approximate surface area is 125 Å². The quantitative estimate of drug-likeness (QED) is 0.914. The number of hydrogen-bond acceptors (Lipinski definition) is 5. The summed E-state index contributed by atoms with van der Waals surface area (Å²) in [6.07, 6.45) is 1.06. The minimum atomic E-state index is -0.147. The first kappa shape index (κ1) is 13.6. The van der Waals surface area contributed by atoms with Crippen molar-refractivity contribution in [2.24, 2.45) is 0 Å². The maximum absolute atomic E-state index is 12.4. The number of nitrogens with zero attached hydrogens (tertiary/aromatic N) is 2. The van der Waals surface area contributed by atoms with Gasteiger partial charge in [-0.05, 0) is 29.2 Å². The van der Waals surface area contributed by atoms with Gasteiger partial charge in [0.15, 0.2) is 0 Å². The molecule has 3 heterocycles. The van der Waals surface area contributed by atoms with Gasteiger partial charge in [0, 0.05) is 10.8 Å². The molecule has 1 aliphatic rings. The maximum atomic E-state index is 12.4. The van der Waals surface area contributed by atoms with Gasteiger partial charge in [-0.1, -0.05) is 13.8 Å². The molecule has 0 saturated heterocycles. The summed E-state index contributed by atoms with van der Waals surface area (Å²) < 4.78 is 0. The van der Waals surface area contributed by atoms with Crippen LogP contribution in [0, 0.1) is 0 Å². The summed E-state index contributed by atoms with van der Waals surface area (Å²) in [5.41, 5.74) is 1.14. The predicted molar refractivity (Wildman–Crippen MR) is 82.3 cm³/mol. The molecule has 2 aromatic heterocycles. The van der Waals surface area contributed by atoms with Crippen LogP contribution >= 0.6 is 23.1 Å². The van der Waals surface area contributed by atoms with Gasteiger partial charge >= 0.3 is 0 Å². The zero-order valence-corrected chi connectivity index (χ0v) is 13.0. The van der Waals surface area contributed by atoms with Crippen molar-refractivity contribution in [3.05, 3.63) is 27.7 Å². The van der Waals surface area contributed by atoms with Crippen molar-refractivity contribution in [3.8, 4) is 0 Å². The van der Waals surface area contributed by atoms with E-state index in [0.29, 0.717) is 5.95 Å². The Hall–Kier alpha value is -1.34. The number of H-pyrrole nitrogens is 1. The monoisotopic (exact) mass is 308 g/mol. The summed E-state index contributed by atoms with van der Waals surface area (Å²) in [5, 5.41) is 11.6. The summed E-state index contributed by atoms with van der Waals surface area (Å²) >= 11 is 3.41. The second kappa shape index (κ2) is 5.57. The molecule has 0 radical (unpaired) electrons. The highest BCUT2D eigenvalue weighted by Gasteiger charge is 2.28. The molecule has 1 amide bonds. The van der Waals surface area contributed by atoms with E-state index in [4.69, 9.17) is 0 Å². The zero-order valence-electron chi connectivity index (χ0n) is 11.3. The number of aryl methyl sites for hydroxylation is 1. The lowest BCUT2D eigenvalue weighted by molar-refractivity contribution is -0.115. The number of fused-ring (bicyclic) bond motifs is 1. The summed E-state index contributed by atoms with van der Waals surface area (Å²) in [7, 11) is 0. The third kappa shape index (κ3) is 2.60. The fraction of sp³-hybridized carbons (Fsp3) is 0.462. The van der Waals surface area contributed by atoms with E-state index in [0.717, 1.165) is 23.6 Å². The Morgan fingerprint density at radius 2 is 2.40 bits per heavy atom. The molecule has 0 aromatic carbocycles. The Morgan fingerprint density at radius 3 is 3.15 bits per heavy atom. The largest absolute Gasteiger partial charge is 0.292 e. The van der Waals surface area contributed by atoms with Crippen LogP contribution in [0.1, 0.15) is 41.3 Å². The van der Waals surface area contributed by atoms with E-state index in [1.807, 2.05) is 19.9 Å². The van der Waals surface area contributed by atoms with E-state index in [2.05, 4.69) is 25.9 Å². The number of rotatable bonds is 3. The lowest BCUT2D eigenvalue weighted by Gasteiger charge is -2.20. The number of anilines is 1. The van der Waals surface area contributed by atoms with E-state index in [9.17, 15) is 4.79 Å². The number of aromatic nitrogens is 3. The third-order valence-corrected chi connectivity index (χ3v) is 5.44. The first-order chi connectivity index (χ1) is 9.65. The van der Waals surface area contributed by atoms with Crippen molar-refractivity contribution in [3.63, 3.8) is 0 Å². The number of carbonyl (C=O) groups excluding carboxylic acids is 1. The average molecular weight is 308 g/mol. The molecule has 0 fully saturated rings. The van der Waals surface area contributed by atoms with E-state index in [-0.39, 0.29) is 17.1 Å². The number of aromatic amines is 1. The van der Waals surface area contributed by atoms with Crippen LogP contribution in [0.5, 0.6) is 0 Å². The highest BCUT2D eigenvalue weighted by Crippen LogP contribution is 2.39. The highest BCUT2D eigenvalue weighted by molar-refractivity contribution is 8.00. The first-order valence-electron chi connectivity index (χ1n) is 6.56. The van der Waals surface area contributed by atoms with Gasteiger partial charge in [-0.2, -0.15) is 4.98 Å². The average Bonchev–Trinajstić information content (AvgIpc) is 3.05. The van der Waals surface area contributed by atoms with Gasteiger partial charge in [-0.15, -0.1) is 28.2 Å². The number of thiophene rings is 1. The number of thioether (sulfide) groups is 1. The molecular formula is C13H16N4OS2. The predicted octanol–water partition coefficient (Wildman–Crippen LogP) is 2.96. The first-order valence-corrected chi connectivity index (χ1v) is 8.49. The molecule has 3 rings (SSSR count). The Morgan fingerprint density at radius 1 is 1.55 bits per heavy atom. The third-order valence-electron chi connectivity index (χ3n) is 3.20. The van der Waals surface area contributed by atoms with Crippen molar-refractivity contribution >= 4 is 35.0 Å². The van der Waals surface area contributed by atoms with Crippen LogP contribution in [-0.2, 0) is 11.2 Å². The smallest absolute Gasteiger partial charge is 0.248 e. The van der Waals surface area contributed by atoms with Gasteiger partial charge in [0.25, 0.3) is 0 Å². The second-order valence-electron chi connectivity index (χ2n) is 4.99. The SMILES string of the molecule is CC(C)c1nc(NC(=O)[C@@H]2SCCc3sccc32)n[nH]1. The topological polar surface area (TPSA) is 70.7 Å². The standard InChI is InChI=1S/C13H16N4OS2/c1-7(2)11-14-13(17-16-11)15-12(18)10-8-3-5-19-9(8)4-6-20-10/h3,5,7,10H,4,6H2,1-2H3,(H2,14,15,16,17,18)/t10-/m1/s1. The molecule has 2 N–H and O–H groups in total. The van der Waals surface area contributed by atoms with Crippen molar-refractivity contribution in [1.82, 2.24) is 15.2 Å². The van der Waals surface area contributed by atoms with Crippen LogP contribution in [0.3, 0.4) is 0 Å². The molecule has 1 aliphatic heterocycles. The molecular weight excluding hydrogens is 292 g/mol. The van der Waals surface area contributed by atoms with Crippen molar-refractivity contribution < 1.29 is 4.79 Å². The summed E-state index contributed by atoms with van der Waals surface area (Å²) in [4.78, 5) is 18.0. The summed E-state index contributed by atoms with van der Waals surface area (Å²) in [6.45, 7) is 4.06. The van der Waals surface area contributed by atoms with Crippen LogP contribution in [0.4, 0.5) is 5.95 Å². The van der Waals surface area contributed by atoms with Crippen LogP contribution < -0.4 is 5.32 Å². The van der Waals surface area contributed by atoms with E-state index in [1.54, 1.807) is 23.1 Å². The van der Waals surface area contributed by atoms with Crippen molar-refractivity contribution in [2.45, 2.75) is 31.4 Å². The number of nitrogens with one attached hydrogen (secondary N) is 2. The van der Waals surface area contributed by atoms with Crippen LogP contribution in [-0.4, -0.2) is 26.8 Å². The molecule has 20 heavy (non-hydrogen) atoms. The molecule has 1 atom stereocenters. The number of hydrogen-bond donors (Lipinski definition) is 2. The minimum Gasteiger partial charge on any atom is -0.292 e. The molecule has 2 aromatic rings. The number of carbonyl (C=O) groups is 1. The van der Waals surface area contributed by atoms with Crippen molar-refractivity contribution in [2.75, 3.05) is 11.1 Å². The second-order valence-corrected chi connectivity index (χ2v) is 7.20. The summed E-state index contributed by atoms with van der Waals surface area (Å²) in [6, 6.07) is 2.05. The Balaban J connectivity index is 1.74. The molecule has 0 unspecified atom stereocenters. The van der Waals surface area contributed by atoms with E-state index in [1.165, 1.54) is 4.88 Å². The Kier molecular flexibility index (Phi) is 3.80. The van der Waals surface area contributed by atoms with Gasteiger partial charge in [0.1, 0.15) is 11.1 Å². The van der Waals surface area contributed by atoms with Crippen molar-refractivity contribution in [1.29, 1.82) is 0 Å². The molecule has 0 spiro atoms. The van der Waals surface area contributed by atoms with Gasteiger partial charge in [-0.3, -0.25) is 15.2 Å². The molecule has 5 nitrogen and oxygen atoms in total. The maximum Gasteiger partial charge on any atom is 0.248 e. The Bertz CT molecular complexity index is 619. The fourth-order valence-electron chi connectivity index (χ4n) is 2.13. The molecule has 7 heteroatoms. The van der Waals surface area contributed by atoms with E-state index < -0.39 is 0 Å². The minimum absolute atomic E-state index is 0.0383. The lowest BCUT2D eigenvalue weighted by atomic mass is 10.1. The molecule has 0 aliphatic carbocycles.